The van der Waals surface area contributed by atoms with E-state index < -0.39 is 5.82 Å². The Balaban J connectivity index is 1.88. The van der Waals surface area contributed by atoms with Crippen LogP contribution in [0.5, 0.6) is 0 Å². The summed E-state index contributed by atoms with van der Waals surface area (Å²) < 4.78 is 29.9. The van der Waals surface area contributed by atoms with E-state index in [-0.39, 0.29) is 11.6 Å². The summed E-state index contributed by atoms with van der Waals surface area (Å²) in [6.45, 7) is 0. The van der Waals surface area contributed by atoms with Crippen LogP contribution >= 0.6 is 0 Å². The molecule has 0 spiro atoms. The molecule has 28 heavy (non-hydrogen) atoms. The third-order valence-corrected chi connectivity index (χ3v) is 4.62. The molecule has 3 heterocycles. The highest BCUT2D eigenvalue weighted by atomic mass is 19.1. The van der Waals surface area contributed by atoms with E-state index in [0.29, 0.717) is 39.1 Å². The highest BCUT2D eigenvalue weighted by Gasteiger charge is 2.18. The average molecular weight is 373 g/mol. The van der Waals surface area contributed by atoms with Gasteiger partial charge in [0, 0.05) is 35.1 Å². The Morgan fingerprint density at radius 3 is 2.54 bits per heavy atom. The highest BCUT2D eigenvalue weighted by molar-refractivity contribution is 5.89. The molecule has 0 saturated heterocycles. The first-order valence-corrected chi connectivity index (χ1v) is 8.55. The summed E-state index contributed by atoms with van der Waals surface area (Å²) in [7, 11) is 0. The van der Waals surface area contributed by atoms with Crippen LogP contribution in [0.4, 0.5) is 14.6 Å². The number of imidazole rings is 1. The number of nitrogens with two attached hydrogens (primary N) is 1. The number of nitrogen functional groups attached to an aromatic ring is 1. The number of hydrogen-bond acceptors (Lipinski definition) is 4. The molecule has 0 amide bonds. The number of hydrogen-bond donors (Lipinski definition) is 1. The van der Waals surface area contributed by atoms with Gasteiger partial charge in [-0.05, 0) is 42.5 Å². The quantitative estimate of drug-likeness (QED) is 0.496. The van der Waals surface area contributed by atoms with Gasteiger partial charge in [-0.3, -0.25) is 9.38 Å². The Labute approximate surface area is 158 Å². The van der Waals surface area contributed by atoms with Gasteiger partial charge in [0.1, 0.15) is 17.2 Å². The van der Waals surface area contributed by atoms with Crippen molar-refractivity contribution in [3.05, 3.63) is 78.8 Å². The van der Waals surface area contributed by atoms with Crippen molar-refractivity contribution in [1.29, 1.82) is 0 Å². The molecular weight excluding hydrogens is 360 g/mol. The van der Waals surface area contributed by atoms with E-state index in [2.05, 4.69) is 15.0 Å². The Kier molecular flexibility index (Phi) is 3.55. The number of anilines is 1. The molecule has 0 atom stereocenters. The zero-order valence-corrected chi connectivity index (χ0v) is 14.5. The zero-order chi connectivity index (χ0) is 19.3. The molecule has 5 aromatic rings. The summed E-state index contributed by atoms with van der Waals surface area (Å²) in [6.07, 6.45) is 4.89. The fourth-order valence-electron chi connectivity index (χ4n) is 3.38. The van der Waals surface area contributed by atoms with Crippen LogP contribution in [0, 0.1) is 11.6 Å². The minimum Gasteiger partial charge on any atom is -0.381 e. The maximum Gasteiger partial charge on any atom is 0.180 e. The monoisotopic (exact) mass is 373 g/mol. The number of rotatable bonds is 2. The molecule has 0 saturated carbocycles. The molecule has 2 N–H and O–H groups in total. The number of pyridine rings is 1. The van der Waals surface area contributed by atoms with E-state index in [0.717, 1.165) is 0 Å². The molecule has 2 aromatic carbocycles. The van der Waals surface area contributed by atoms with E-state index in [1.807, 2.05) is 6.07 Å². The minimum absolute atomic E-state index is 0.232. The van der Waals surface area contributed by atoms with Crippen LogP contribution in [0.3, 0.4) is 0 Å². The third-order valence-electron chi connectivity index (χ3n) is 4.62. The van der Waals surface area contributed by atoms with Crippen molar-refractivity contribution in [3.63, 3.8) is 0 Å². The zero-order valence-electron chi connectivity index (χ0n) is 14.5. The summed E-state index contributed by atoms with van der Waals surface area (Å²) >= 11 is 0. The van der Waals surface area contributed by atoms with Gasteiger partial charge in [-0.2, -0.15) is 0 Å². The lowest BCUT2D eigenvalue weighted by Gasteiger charge is -2.14. The number of benzene rings is 2. The van der Waals surface area contributed by atoms with E-state index in [9.17, 15) is 8.78 Å². The maximum atomic E-state index is 14.7. The van der Waals surface area contributed by atoms with E-state index in [1.54, 1.807) is 47.3 Å². The second-order valence-corrected chi connectivity index (χ2v) is 6.36. The van der Waals surface area contributed by atoms with Gasteiger partial charge in [0.15, 0.2) is 11.5 Å². The number of aromatic nitrogens is 4. The predicted molar refractivity (Wildman–Crippen MR) is 103 cm³/mol. The minimum atomic E-state index is -0.441. The summed E-state index contributed by atoms with van der Waals surface area (Å²) in [5.74, 6) is -0.566. The summed E-state index contributed by atoms with van der Waals surface area (Å²) in [5.41, 5.74) is 9.20. The first-order valence-electron chi connectivity index (χ1n) is 8.55. The van der Waals surface area contributed by atoms with Gasteiger partial charge in [0.05, 0.1) is 11.4 Å². The Morgan fingerprint density at radius 2 is 1.71 bits per heavy atom. The van der Waals surface area contributed by atoms with Crippen LogP contribution in [-0.4, -0.2) is 19.4 Å². The summed E-state index contributed by atoms with van der Waals surface area (Å²) in [6, 6.07) is 12.7. The van der Waals surface area contributed by atoms with Crippen molar-refractivity contribution in [2.75, 3.05) is 5.73 Å². The molecule has 7 heteroatoms. The first kappa shape index (κ1) is 16.3. The van der Waals surface area contributed by atoms with E-state index in [1.165, 1.54) is 18.2 Å². The molecule has 0 aliphatic rings. The van der Waals surface area contributed by atoms with Crippen molar-refractivity contribution in [2.45, 2.75) is 0 Å². The highest BCUT2D eigenvalue weighted by Crippen LogP contribution is 2.35. The Hall–Kier alpha value is -3.87. The predicted octanol–water partition coefficient (Wildman–Crippen LogP) is 4.47. The molecule has 5 nitrogen and oxygen atoms in total. The fourth-order valence-corrected chi connectivity index (χ4v) is 3.38. The molecular formula is C21H13F2N5. The van der Waals surface area contributed by atoms with Crippen LogP contribution in [0.25, 0.3) is 39.1 Å². The maximum absolute atomic E-state index is 14.7. The molecule has 0 unspecified atom stereocenters. The molecule has 0 radical (unpaired) electrons. The van der Waals surface area contributed by atoms with Gasteiger partial charge in [-0.1, -0.05) is 6.07 Å². The van der Waals surface area contributed by atoms with Gasteiger partial charge in [-0.15, -0.1) is 0 Å². The van der Waals surface area contributed by atoms with Crippen molar-refractivity contribution < 1.29 is 8.78 Å². The lowest BCUT2D eigenvalue weighted by atomic mass is 10.0. The standard InChI is InChI=1S/C21H13F2N5/c22-15-5-3-12(4-6-15)18-19(28-9-8-26-21(28)20(24)27-18)14-10-13-2-1-7-25-17(13)16(23)11-14/h1-11H,(H2,24,27). The molecule has 5 rings (SSSR count). The normalized spacial score (nSPS) is 11.4. The van der Waals surface area contributed by atoms with Gasteiger partial charge < -0.3 is 5.73 Å². The van der Waals surface area contributed by atoms with Gasteiger partial charge in [0.25, 0.3) is 0 Å². The SMILES string of the molecule is Nc1nc(-c2ccc(F)cc2)c(-c2cc(F)c3ncccc3c2)n2ccnc12. The Morgan fingerprint density at radius 1 is 0.893 bits per heavy atom. The average Bonchev–Trinajstić information content (AvgIpc) is 3.19. The summed E-state index contributed by atoms with van der Waals surface area (Å²) in [4.78, 5) is 12.8. The number of halogens is 2. The molecule has 0 aliphatic heterocycles. The fraction of sp³-hybridized carbons (Fsp3) is 0. The van der Waals surface area contributed by atoms with Crippen molar-refractivity contribution in [1.82, 2.24) is 19.4 Å². The molecule has 136 valence electrons. The second kappa shape index (κ2) is 6.09. The topological polar surface area (TPSA) is 69.1 Å². The first-order chi connectivity index (χ1) is 13.6. The van der Waals surface area contributed by atoms with E-state index >= 15 is 0 Å². The largest absolute Gasteiger partial charge is 0.381 e. The molecule has 0 fully saturated rings. The number of fused-ring (bicyclic) bond motifs is 2. The molecule has 0 bridgehead atoms. The van der Waals surface area contributed by atoms with Crippen molar-refractivity contribution in [3.8, 4) is 22.5 Å². The van der Waals surface area contributed by atoms with Crippen LogP contribution < -0.4 is 5.73 Å². The Bertz CT molecular complexity index is 1340. The van der Waals surface area contributed by atoms with Crippen LogP contribution in [-0.2, 0) is 0 Å². The molecule has 3 aromatic heterocycles. The third kappa shape index (κ3) is 2.48. The lowest BCUT2D eigenvalue weighted by molar-refractivity contribution is 0.628. The lowest BCUT2D eigenvalue weighted by Crippen LogP contribution is -2.04. The number of nitrogens with zero attached hydrogens (tertiary/aromatic N) is 4. The van der Waals surface area contributed by atoms with Gasteiger partial charge in [0.2, 0.25) is 0 Å². The summed E-state index contributed by atoms with van der Waals surface area (Å²) in [5, 5.41) is 0.660. The van der Waals surface area contributed by atoms with Gasteiger partial charge >= 0.3 is 0 Å². The molecule has 0 aliphatic carbocycles. The van der Waals surface area contributed by atoms with Crippen molar-refractivity contribution >= 4 is 22.4 Å². The van der Waals surface area contributed by atoms with E-state index in [4.69, 9.17) is 5.73 Å². The second-order valence-electron chi connectivity index (χ2n) is 6.36. The van der Waals surface area contributed by atoms with Crippen molar-refractivity contribution in [2.24, 2.45) is 0 Å². The van der Waals surface area contributed by atoms with Crippen LogP contribution in [0.2, 0.25) is 0 Å². The van der Waals surface area contributed by atoms with Crippen LogP contribution in [0.1, 0.15) is 0 Å². The van der Waals surface area contributed by atoms with Crippen LogP contribution in [0.15, 0.2) is 67.1 Å². The smallest absolute Gasteiger partial charge is 0.180 e. The van der Waals surface area contributed by atoms with Gasteiger partial charge in [-0.25, -0.2) is 18.7 Å².